The molecule has 1 aromatic rings. The predicted octanol–water partition coefficient (Wildman–Crippen LogP) is 3.21. The summed E-state index contributed by atoms with van der Waals surface area (Å²) >= 11 is 0. The Hall–Kier alpha value is -1.71. The lowest BCUT2D eigenvalue weighted by atomic mass is 10.2. The van der Waals surface area contributed by atoms with Crippen LogP contribution < -0.4 is 15.5 Å². The zero-order chi connectivity index (χ0) is 13.7. The van der Waals surface area contributed by atoms with Crippen LogP contribution in [0.5, 0.6) is 0 Å². The first-order valence-corrected chi connectivity index (χ1v) is 7.11. The van der Waals surface area contributed by atoms with Gasteiger partial charge in [-0.3, -0.25) is 0 Å². The number of carbonyl (C=O) groups is 1. The monoisotopic (exact) mass is 261 g/mol. The molecule has 1 aromatic carbocycles. The molecule has 4 heteroatoms. The molecule has 104 valence electrons. The Balaban J connectivity index is 1.96. The van der Waals surface area contributed by atoms with Crippen LogP contribution in [0.25, 0.3) is 0 Å². The standard InChI is InChI=1S/C15H23N3O/c1-3-12(2)16-15(19)17-13-7-6-8-14(11-13)18-9-4-5-10-18/h6-8,11-12H,3-5,9-10H2,1-2H3,(H2,16,17,19). The van der Waals surface area contributed by atoms with Gasteiger partial charge in [0.1, 0.15) is 0 Å². The van der Waals surface area contributed by atoms with Crippen molar-refractivity contribution in [3.05, 3.63) is 24.3 Å². The van der Waals surface area contributed by atoms with Crippen LogP contribution in [-0.4, -0.2) is 25.2 Å². The molecule has 0 aromatic heterocycles. The number of benzene rings is 1. The quantitative estimate of drug-likeness (QED) is 0.874. The van der Waals surface area contributed by atoms with Gasteiger partial charge in [0.2, 0.25) is 0 Å². The number of hydrogen-bond acceptors (Lipinski definition) is 2. The third-order valence-corrected chi connectivity index (χ3v) is 3.57. The Morgan fingerprint density at radius 2 is 2.11 bits per heavy atom. The molecule has 2 rings (SSSR count). The molecule has 1 aliphatic rings. The summed E-state index contributed by atoms with van der Waals surface area (Å²) in [6.07, 6.45) is 3.44. The highest BCUT2D eigenvalue weighted by Crippen LogP contribution is 2.23. The lowest BCUT2D eigenvalue weighted by molar-refractivity contribution is 0.249. The summed E-state index contributed by atoms with van der Waals surface area (Å²) in [5.41, 5.74) is 2.05. The van der Waals surface area contributed by atoms with Crippen molar-refractivity contribution in [2.75, 3.05) is 23.3 Å². The molecule has 0 spiro atoms. The number of amides is 2. The number of rotatable bonds is 4. The van der Waals surface area contributed by atoms with E-state index in [1.807, 2.05) is 25.1 Å². The Labute approximate surface area is 115 Å². The summed E-state index contributed by atoms with van der Waals surface area (Å²) in [6, 6.07) is 8.13. The molecule has 1 saturated heterocycles. The minimum atomic E-state index is -0.132. The second kappa shape index (κ2) is 6.45. The molecule has 2 N–H and O–H groups in total. The van der Waals surface area contributed by atoms with Crippen molar-refractivity contribution >= 4 is 17.4 Å². The van der Waals surface area contributed by atoms with Crippen molar-refractivity contribution in [1.29, 1.82) is 0 Å². The van der Waals surface area contributed by atoms with Gasteiger partial charge in [0.05, 0.1) is 0 Å². The third kappa shape index (κ3) is 3.88. The van der Waals surface area contributed by atoms with Crippen molar-refractivity contribution in [3.8, 4) is 0 Å². The van der Waals surface area contributed by atoms with Crippen molar-refractivity contribution < 1.29 is 4.79 Å². The Morgan fingerprint density at radius 1 is 1.37 bits per heavy atom. The van der Waals surface area contributed by atoms with Gasteiger partial charge < -0.3 is 15.5 Å². The molecular weight excluding hydrogens is 238 g/mol. The minimum absolute atomic E-state index is 0.132. The van der Waals surface area contributed by atoms with E-state index in [2.05, 4.69) is 28.5 Å². The maximum absolute atomic E-state index is 11.8. The molecule has 4 nitrogen and oxygen atoms in total. The van der Waals surface area contributed by atoms with E-state index in [1.165, 1.54) is 18.5 Å². The van der Waals surface area contributed by atoms with E-state index >= 15 is 0 Å². The van der Waals surface area contributed by atoms with E-state index < -0.39 is 0 Å². The van der Waals surface area contributed by atoms with E-state index in [4.69, 9.17) is 0 Å². The summed E-state index contributed by atoms with van der Waals surface area (Å²) in [5, 5.41) is 5.80. The number of nitrogens with zero attached hydrogens (tertiary/aromatic N) is 1. The van der Waals surface area contributed by atoms with E-state index in [1.54, 1.807) is 0 Å². The largest absolute Gasteiger partial charge is 0.371 e. The molecule has 1 atom stereocenters. The summed E-state index contributed by atoms with van der Waals surface area (Å²) in [4.78, 5) is 14.1. The van der Waals surface area contributed by atoms with Gasteiger partial charge in [0.15, 0.2) is 0 Å². The SMILES string of the molecule is CCC(C)NC(=O)Nc1cccc(N2CCCC2)c1. The molecule has 0 saturated carbocycles. The van der Waals surface area contributed by atoms with Gasteiger partial charge >= 0.3 is 6.03 Å². The fourth-order valence-electron chi connectivity index (χ4n) is 2.25. The summed E-state index contributed by atoms with van der Waals surface area (Å²) in [5.74, 6) is 0. The molecule has 2 amide bonds. The van der Waals surface area contributed by atoms with E-state index in [0.717, 1.165) is 25.2 Å². The van der Waals surface area contributed by atoms with Crippen molar-refractivity contribution in [3.63, 3.8) is 0 Å². The minimum Gasteiger partial charge on any atom is -0.371 e. The lowest BCUT2D eigenvalue weighted by Gasteiger charge is -2.19. The van der Waals surface area contributed by atoms with Gasteiger partial charge in [0, 0.05) is 30.5 Å². The maximum atomic E-state index is 11.8. The molecule has 0 aliphatic carbocycles. The molecule has 0 bridgehead atoms. The van der Waals surface area contributed by atoms with Gasteiger partial charge in [-0.05, 0) is 44.4 Å². The maximum Gasteiger partial charge on any atom is 0.319 e. The van der Waals surface area contributed by atoms with Gasteiger partial charge in [0.25, 0.3) is 0 Å². The van der Waals surface area contributed by atoms with E-state index in [0.29, 0.717) is 0 Å². The zero-order valence-corrected chi connectivity index (χ0v) is 11.8. The fraction of sp³-hybridized carbons (Fsp3) is 0.533. The first-order chi connectivity index (χ1) is 9.19. The van der Waals surface area contributed by atoms with Gasteiger partial charge in [-0.25, -0.2) is 4.79 Å². The number of nitrogens with one attached hydrogen (secondary N) is 2. The van der Waals surface area contributed by atoms with Crippen LogP contribution in [0.4, 0.5) is 16.2 Å². The van der Waals surface area contributed by atoms with Crippen LogP contribution >= 0.6 is 0 Å². The second-order valence-electron chi connectivity index (χ2n) is 5.15. The topological polar surface area (TPSA) is 44.4 Å². The molecule has 1 heterocycles. The highest BCUT2D eigenvalue weighted by atomic mass is 16.2. The van der Waals surface area contributed by atoms with E-state index in [9.17, 15) is 4.79 Å². The number of hydrogen-bond donors (Lipinski definition) is 2. The average molecular weight is 261 g/mol. The molecule has 1 aliphatic heterocycles. The van der Waals surface area contributed by atoms with Crippen LogP contribution in [0.1, 0.15) is 33.1 Å². The molecular formula is C15H23N3O. The smallest absolute Gasteiger partial charge is 0.319 e. The van der Waals surface area contributed by atoms with Gasteiger partial charge in [-0.1, -0.05) is 13.0 Å². The third-order valence-electron chi connectivity index (χ3n) is 3.57. The lowest BCUT2D eigenvalue weighted by Crippen LogP contribution is -2.35. The molecule has 1 unspecified atom stereocenters. The number of urea groups is 1. The Morgan fingerprint density at radius 3 is 2.79 bits per heavy atom. The first-order valence-electron chi connectivity index (χ1n) is 7.11. The van der Waals surface area contributed by atoms with Crippen molar-refractivity contribution in [2.24, 2.45) is 0 Å². The van der Waals surface area contributed by atoms with Crippen molar-refractivity contribution in [2.45, 2.75) is 39.2 Å². The van der Waals surface area contributed by atoms with E-state index in [-0.39, 0.29) is 12.1 Å². The van der Waals surface area contributed by atoms with Crippen LogP contribution in [-0.2, 0) is 0 Å². The molecule has 0 radical (unpaired) electrons. The van der Waals surface area contributed by atoms with Crippen LogP contribution in [0, 0.1) is 0 Å². The van der Waals surface area contributed by atoms with Gasteiger partial charge in [-0.2, -0.15) is 0 Å². The number of anilines is 2. The summed E-state index contributed by atoms with van der Waals surface area (Å²) < 4.78 is 0. The normalized spacial score (nSPS) is 16.2. The molecule has 19 heavy (non-hydrogen) atoms. The van der Waals surface area contributed by atoms with Gasteiger partial charge in [-0.15, -0.1) is 0 Å². The summed E-state index contributed by atoms with van der Waals surface area (Å²) in [6.45, 7) is 6.28. The predicted molar refractivity (Wildman–Crippen MR) is 79.8 cm³/mol. The molecule has 1 fully saturated rings. The highest BCUT2D eigenvalue weighted by Gasteiger charge is 2.13. The van der Waals surface area contributed by atoms with Crippen molar-refractivity contribution in [1.82, 2.24) is 5.32 Å². The van der Waals surface area contributed by atoms with Crippen LogP contribution in [0.3, 0.4) is 0 Å². The number of carbonyl (C=O) groups excluding carboxylic acids is 1. The summed E-state index contributed by atoms with van der Waals surface area (Å²) in [7, 11) is 0. The average Bonchev–Trinajstić information content (AvgIpc) is 2.92. The highest BCUT2D eigenvalue weighted by molar-refractivity contribution is 5.90. The Bertz CT molecular complexity index is 427. The van der Waals surface area contributed by atoms with Crippen LogP contribution in [0.15, 0.2) is 24.3 Å². The fourth-order valence-corrected chi connectivity index (χ4v) is 2.25. The second-order valence-corrected chi connectivity index (χ2v) is 5.15. The Kier molecular flexibility index (Phi) is 4.66. The van der Waals surface area contributed by atoms with Crippen LogP contribution in [0.2, 0.25) is 0 Å². The first kappa shape index (κ1) is 13.7. The zero-order valence-electron chi connectivity index (χ0n) is 11.8.